The zero-order valence-electron chi connectivity index (χ0n) is 17.3. The van der Waals surface area contributed by atoms with Gasteiger partial charge in [0.25, 0.3) is 0 Å². The number of benzene rings is 5. The van der Waals surface area contributed by atoms with E-state index >= 15 is 0 Å². The van der Waals surface area contributed by atoms with Crippen LogP contribution in [-0.2, 0) is 0 Å². The average Bonchev–Trinajstić information content (AvgIpc) is 3.19. The van der Waals surface area contributed by atoms with Crippen molar-refractivity contribution in [3.63, 3.8) is 0 Å². The summed E-state index contributed by atoms with van der Waals surface area (Å²) in [6.07, 6.45) is 0. The van der Waals surface area contributed by atoms with Crippen molar-refractivity contribution < 1.29 is 10.0 Å². The number of nitrogens with zero attached hydrogens (tertiary/aromatic N) is 1. The Kier molecular flexibility index (Phi) is 4.35. The summed E-state index contributed by atoms with van der Waals surface area (Å²) in [6.45, 7) is 0. The smallest absolute Gasteiger partial charge is 0.423 e. The van der Waals surface area contributed by atoms with E-state index in [9.17, 15) is 10.0 Å². The van der Waals surface area contributed by atoms with Crippen LogP contribution in [0.3, 0.4) is 0 Å². The molecule has 0 aliphatic heterocycles. The van der Waals surface area contributed by atoms with Crippen LogP contribution >= 0.6 is 0 Å². The molecule has 2 N–H and O–H groups in total. The third kappa shape index (κ3) is 2.85. The lowest BCUT2D eigenvalue weighted by molar-refractivity contribution is 0.426. The highest BCUT2D eigenvalue weighted by Gasteiger charge is 2.17. The molecule has 0 aliphatic rings. The van der Waals surface area contributed by atoms with Gasteiger partial charge < -0.3 is 14.6 Å². The Morgan fingerprint density at radius 3 is 2.06 bits per heavy atom. The molecular formula is C28H20BNO2. The Hall–Kier alpha value is -3.86. The van der Waals surface area contributed by atoms with Gasteiger partial charge in [-0.3, -0.25) is 0 Å². The summed E-state index contributed by atoms with van der Waals surface area (Å²) >= 11 is 0. The van der Waals surface area contributed by atoms with Crippen molar-refractivity contribution in [1.82, 2.24) is 4.57 Å². The van der Waals surface area contributed by atoms with E-state index < -0.39 is 7.12 Å². The highest BCUT2D eigenvalue weighted by molar-refractivity contribution is 6.60. The number of hydrogen-bond donors (Lipinski definition) is 2. The molecule has 5 aromatic carbocycles. The Balaban J connectivity index is 1.61. The maximum atomic E-state index is 9.76. The van der Waals surface area contributed by atoms with Gasteiger partial charge in [0.2, 0.25) is 0 Å². The molecule has 0 spiro atoms. The summed E-state index contributed by atoms with van der Waals surface area (Å²) in [5, 5.41) is 24.4. The van der Waals surface area contributed by atoms with E-state index in [1.165, 1.54) is 27.1 Å². The molecule has 0 amide bonds. The van der Waals surface area contributed by atoms with Crippen LogP contribution in [0.4, 0.5) is 0 Å². The van der Waals surface area contributed by atoms with Crippen LogP contribution < -0.4 is 5.46 Å². The molecule has 32 heavy (non-hydrogen) atoms. The van der Waals surface area contributed by atoms with E-state index in [-0.39, 0.29) is 0 Å². The third-order valence-corrected chi connectivity index (χ3v) is 6.23. The fourth-order valence-corrected chi connectivity index (χ4v) is 4.77. The third-order valence-electron chi connectivity index (χ3n) is 6.23. The van der Waals surface area contributed by atoms with Crippen LogP contribution in [0.25, 0.3) is 49.4 Å². The van der Waals surface area contributed by atoms with Gasteiger partial charge in [0.05, 0.1) is 11.0 Å². The van der Waals surface area contributed by atoms with Gasteiger partial charge in [0.1, 0.15) is 0 Å². The lowest BCUT2D eigenvalue weighted by Crippen LogP contribution is -2.31. The van der Waals surface area contributed by atoms with Crippen molar-refractivity contribution >= 4 is 45.2 Å². The minimum absolute atomic E-state index is 0.503. The second-order valence-corrected chi connectivity index (χ2v) is 8.04. The number of rotatable bonds is 3. The van der Waals surface area contributed by atoms with Gasteiger partial charge in [-0.05, 0) is 40.2 Å². The van der Waals surface area contributed by atoms with Crippen LogP contribution in [0.1, 0.15) is 0 Å². The molecular weight excluding hydrogens is 393 g/mol. The lowest BCUT2D eigenvalue weighted by Gasteiger charge is -2.12. The van der Waals surface area contributed by atoms with Crippen LogP contribution in [0.2, 0.25) is 0 Å². The number of fused-ring (bicyclic) bond motifs is 5. The first kappa shape index (κ1) is 18.9. The van der Waals surface area contributed by atoms with Crippen molar-refractivity contribution in [2.75, 3.05) is 0 Å². The summed E-state index contributed by atoms with van der Waals surface area (Å²) < 4.78 is 2.32. The molecule has 0 atom stereocenters. The molecule has 0 aliphatic carbocycles. The molecule has 0 saturated heterocycles. The van der Waals surface area contributed by atoms with Crippen molar-refractivity contribution in [2.45, 2.75) is 0 Å². The SMILES string of the molecule is OB(O)c1ccccc1-c1ccc(-n2c3ccccc3c3ccc4ccccc4c32)cc1. The van der Waals surface area contributed by atoms with E-state index in [1.807, 2.05) is 30.3 Å². The Morgan fingerprint density at radius 1 is 0.562 bits per heavy atom. The van der Waals surface area contributed by atoms with E-state index in [4.69, 9.17) is 0 Å². The van der Waals surface area contributed by atoms with E-state index in [1.54, 1.807) is 6.07 Å². The van der Waals surface area contributed by atoms with Crippen LogP contribution in [0.5, 0.6) is 0 Å². The van der Waals surface area contributed by atoms with Gasteiger partial charge in [-0.25, -0.2) is 0 Å². The van der Waals surface area contributed by atoms with Crippen molar-refractivity contribution in [2.24, 2.45) is 0 Å². The van der Waals surface area contributed by atoms with Crippen LogP contribution in [-0.4, -0.2) is 21.7 Å². The monoisotopic (exact) mass is 413 g/mol. The largest absolute Gasteiger partial charge is 0.489 e. The Bertz CT molecular complexity index is 1600. The van der Waals surface area contributed by atoms with E-state index in [2.05, 4.69) is 77.4 Å². The van der Waals surface area contributed by atoms with Gasteiger partial charge in [-0.1, -0.05) is 91.0 Å². The molecule has 152 valence electrons. The zero-order chi connectivity index (χ0) is 21.7. The maximum absolute atomic E-state index is 9.76. The van der Waals surface area contributed by atoms with Crippen LogP contribution in [0, 0.1) is 0 Å². The lowest BCUT2D eigenvalue weighted by atomic mass is 9.75. The minimum Gasteiger partial charge on any atom is -0.423 e. The minimum atomic E-state index is -1.51. The van der Waals surface area contributed by atoms with Crippen molar-refractivity contribution in [1.29, 1.82) is 0 Å². The topological polar surface area (TPSA) is 45.4 Å². The number of aromatic nitrogens is 1. The molecule has 6 rings (SSSR count). The van der Waals surface area contributed by atoms with Crippen molar-refractivity contribution in [3.8, 4) is 16.8 Å². The summed E-state index contributed by atoms with van der Waals surface area (Å²) in [4.78, 5) is 0. The molecule has 0 unspecified atom stereocenters. The van der Waals surface area contributed by atoms with Crippen molar-refractivity contribution in [3.05, 3.63) is 109 Å². The predicted molar refractivity (Wildman–Crippen MR) is 134 cm³/mol. The fourth-order valence-electron chi connectivity index (χ4n) is 4.77. The van der Waals surface area contributed by atoms with Gasteiger partial charge in [-0.15, -0.1) is 0 Å². The standard InChI is InChI=1S/C28H20BNO2/c31-29(32)26-11-5-3-8-22(26)20-13-16-21(17-14-20)30-27-12-6-4-10-24(27)25-18-15-19-7-1-2-9-23(19)28(25)30/h1-18,31-32H. The molecule has 0 bridgehead atoms. The molecule has 1 aromatic heterocycles. The normalized spacial score (nSPS) is 11.4. The molecule has 1 heterocycles. The Labute approximate surface area is 185 Å². The first-order valence-corrected chi connectivity index (χ1v) is 10.7. The molecule has 0 radical (unpaired) electrons. The first-order valence-electron chi connectivity index (χ1n) is 10.7. The molecule has 6 aromatic rings. The second-order valence-electron chi connectivity index (χ2n) is 8.04. The molecule has 4 heteroatoms. The molecule has 0 fully saturated rings. The maximum Gasteiger partial charge on any atom is 0.489 e. The number of hydrogen-bond acceptors (Lipinski definition) is 2. The quantitative estimate of drug-likeness (QED) is 0.388. The van der Waals surface area contributed by atoms with Gasteiger partial charge in [0.15, 0.2) is 0 Å². The highest BCUT2D eigenvalue weighted by Crippen LogP contribution is 2.36. The van der Waals surface area contributed by atoms with Crippen LogP contribution in [0.15, 0.2) is 109 Å². The fraction of sp³-hybridized carbons (Fsp3) is 0. The summed E-state index contributed by atoms with van der Waals surface area (Å²) in [5.41, 5.74) is 5.70. The predicted octanol–water partition coefficient (Wildman–Crippen LogP) is 5.28. The zero-order valence-corrected chi connectivity index (χ0v) is 17.3. The second kappa shape index (κ2) is 7.38. The first-order chi connectivity index (χ1) is 15.7. The Morgan fingerprint density at radius 2 is 1.25 bits per heavy atom. The average molecular weight is 413 g/mol. The summed E-state index contributed by atoms with van der Waals surface area (Å²) in [6, 6.07) is 37.1. The van der Waals surface area contributed by atoms with E-state index in [0.717, 1.165) is 22.3 Å². The van der Waals surface area contributed by atoms with Gasteiger partial charge >= 0.3 is 7.12 Å². The summed E-state index contributed by atoms with van der Waals surface area (Å²) in [5.74, 6) is 0. The number of para-hydroxylation sites is 1. The summed E-state index contributed by atoms with van der Waals surface area (Å²) in [7, 11) is -1.51. The molecule has 0 saturated carbocycles. The van der Waals surface area contributed by atoms with E-state index in [0.29, 0.717) is 5.46 Å². The van der Waals surface area contributed by atoms with Gasteiger partial charge in [0, 0.05) is 21.8 Å². The molecule has 3 nitrogen and oxygen atoms in total. The highest BCUT2D eigenvalue weighted by atomic mass is 16.4. The van der Waals surface area contributed by atoms with Gasteiger partial charge in [-0.2, -0.15) is 0 Å².